The fourth-order valence-electron chi connectivity index (χ4n) is 1.74. The summed E-state index contributed by atoms with van der Waals surface area (Å²) in [4.78, 5) is 4.01. The van der Waals surface area contributed by atoms with Gasteiger partial charge in [0.25, 0.3) is 0 Å². The molecule has 0 aliphatic heterocycles. The highest BCUT2D eigenvalue weighted by Crippen LogP contribution is 2.16. The van der Waals surface area contributed by atoms with Crippen molar-refractivity contribution < 1.29 is 4.74 Å². The van der Waals surface area contributed by atoms with Gasteiger partial charge in [0.05, 0.1) is 24.1 Å². The molecule has 0 spiro atoms. The van der Waals surface area contributed by atoms with Crippen LogP contribution >= 0.6 is 0 Å². The molecule has 1 aromatic heterocycles. The lowest BCUT2D eigenvalue weighted by atomic mass is 10.2. The number of aromatic nitrogens is 1. The average molecular weight is 253 g/mol. The second-order valence-electron chi connectivity index (χ2n) is 3.97. The smallest absolute Gasteiger partial charge is 0.119 e. The Balaban J connectivity index is 2.06. The molecule has 0 aliphatic carbocycles. The molecular formula is C15H15N3O. The largest absolute Gasteiger partial charge is 0.494 e. The van der Waals surface area contributed by atoms with E-state index in [-0.39, 0.29) is 0 Å². The second-order valence-corrected chi connectivity index (χ2v) is 3.97. The first-order valence-electron chi connectivity index (χ1n) is 6.13. The second kappa shape index (κ2) is 6.41. The van der Waals surface area contributed by atoms with Crippen molar-refractivity contribution in [1.29, 1.82) is 5.26 Å². The summed E-state index contributed by atoms with van der Waals surface area (Å²) in [6, 6.07) is 11.7. The number of hydrogen-bond acceptors (Lipinski definition) is 4. The number of hydrogen-bond donors (Lipinski definition) is 1. The molecule has 2 aromatic rings. The van der Waals surface area contributed by atoms with Gasteiger partial charge in [-0.1, -0.05) is 12.1 Å². The number of anilines is 1. The molecule has 2 rings (SSSR count). The summed E-state index contributed by atoms with van der Waals surface area (Å²) in [5.41, 5.74) is 2.43. The van der Waals surface area contributed by atoms with Gasteiger partial charge in [-0.05, 0) is 30.7 Å². The zero-order chi connectivity index (χ0) is 13.5. The molecule has 1 aromatic carbocycles. The van der Waals surface area contributed by atoms with Crippen molar-refractivity contribution >= 4 is 5.69 Å². The Morgan fingerprint density at radius 1 is 1.37 bits per heavy atom. The van der Waals surface area contributed by atoms with E-state index < -0.39 is 0 Å². The molecule has 96 valence electrons. The SMILES string of the molecule is CCOc1cccc(CNc2cnccc2C#N)c1. The molecule has 0 amide bonds. The third-order valence-electron chi connectivity index (χ3n) is 2.63. The van der Waals surface area contributed by atoms with Crippen LogP contribution in [-0.4, -0.2) is 11.6 Å². The number of rotatable bonds is 5. The minimum absolute atomic E-state index is 0.593. The molecule has 4 heteroatoms. The van der Waals surface area contributed by atoms with E-state index in [4.69, 9.17) is 10.00 Å². The Hall–Kier alpha value is -2.54. The van der Waals surface area contributed by atoms with Crippen LogP contribution < -0.4 is 10.1 Å². The highest BCUT2D eigenvalue weighted by Gasteiger charge is 2.01. The van der Waals surface area contributed by atoms with Crippen LogP contribution in [0.1, 0.15) is 18.1 Å². The zero-order valence-electron chi connectivity index (χ0n) is 10.8. The van der Waals surface area contributed by atoms with Crippen LogP contribution in [-0.2, 0) is 6.54 Å². The van der Waals surface area contributed by atoms with Gasteiger partial charge >= 0.3 is 0 Å². The first-order valence-corrected chi connectivity index (χ1v) is 6.13. The monoisotopic (exact) mass is 253 g/mol. The van der Waals surface area contributed by atoms with Gasteiger partial charge in [-0.15, -0.1) is 0 Å². The van der Waals surface area contributed by atoms with Crippen molar-refractivity contribution in [3.05, 3.63) is 53.9 Å². The lowest BCUT2D eigenvalue weighted by molar-refractivity contribution is 0.340. The number of nitrogens with one attached hydrogen (secondary N) is 1. The summed E-state index contributed by atoms with van der Waals surface area (Å²) in [5, 5.41) is 12.2. The predicted molar refractivity (Wildman–Crippen MR) is 73.9 cm³/mol. The van der Waals surface area contributed by atoms with Crippen molar-refractivity contribution in [1.82, 2.24) is 4.98 Å². The Kier molecular flexibility index (Phi) is 4.35. The summed E-state index contributed by atoms with van der Waals surface area (Å²) in [6.45, 7) is 3.24. The number of pyridine rings is 1. The van der Waals surface area contributed by atoms with Crippen molar-refractivity contribution in [2.75, 3.05) is 11.9 Å². The van der Waals surface area contributed by atoms with Crippen molar-refractivity contribution in [2.45, 2.75) is 13.5 Å². The number of benzene rings is 1. The molecule has 0 unspecified atom stereocenters. The van der Waals surface area contributed by atoms with Crippen LogP contribution in [0.2, 0.25) is 0 Å². The van der Waals surface area contributed by atoms with Gasteiger partial charge < -0.3 is 10.1 Å². The summed E-state index contributed by atoms with van der Waals surface area (Å²) in [7, 11) is 0. The molecule has 0 bridgehead atoms. The van der Waals surface area contributed by atoms with Crippen molar-refractivity contribution in [3.63, 3.8) is 0 Å². The molecule has 0 saturated carbocycles. The molecular weight excluding hydrogens is 238 g/mol. The molecule has 0 radical (unpaired) electrons. The van der Waals surface area contributed by atoms with Crippen LogP contribution in [0.3, 0.4) is 0 Å². The molecule has 19 heavy (non-hydrogen) atoms. The van der Waals surface area contributed by atoms with E-state index in [0.717, 1.165) is 17.0 Å². The molecule has 0 atom stereocenters. The standard InChI is InChI=1S/C15H15N3O/c1-2-19-14-5-3-4-12(8-14)10-18-15-11-17-7-6-13(15)9-16/h3-8,11,18H,2,10H2,1H3. The van der Waals surface area contributed by atoms with E-state index in [1.54, 1.807) is 18.5 Å². The summed E-state index contributed by atoms with van der Waals surface area (Å²) in [6.07, 6.45) is 3.27. The first-order chi connectivity index (χ1) is 9.33. The Morgan fingerprint density at radius 2 is 2.26 bits per heavy atom. The van der Waals surface area contributed by atoms with Gasteiger partial charge in [0, 0.05) is 12.7 Å². The van der Waals surface area contributed by atoms with E-state index in [9.17, 15) is 0 Å². The van der Waals surface area contributed by atoms with Crippen LogP contribution in [0.15, 0.2) is 42.7 Å². The molecule has 0 fully saturated rings. The fourth-order valence-corrected chi connectivity index (χ4v) is 1.74. The maximum Gasteiger partial charge on any atom is 0.119 e. The molecule has 1 N–H and O–H groups in total. The Morgan fingerprint density at radius 3 is 3.05 bits per heavy atom. The Bertz CT molecular complexity index is 590. The van der Waals surface area contributed by atoms with Crippen LogP contribution in [0.5, 0.6) is 5.75 Å². The van der Waals surface area contributed by atoms with E-state index in [0.29, 0.717) is 18.7 Å². The maximum absolute atomic E-state index is 8.99. The Labute approximate surface area is 112 Å². The van der Waals surface area contributed by atoms with Gasteiger partial charge in [-0.2, -0.15) is 5.26 Å². The normalized spacial score (nSPS) is 9.68. The third kappa shape index (κ3) is 3.46. The van der Waals surface area contributed by atoms with E-state index in [2.05, 4.69) is 16.4 Å². The summed E-state index contributed by atoms with van der Waals surface area (Å²) < 4.78 is 5.45. The molecule has 0 saturated heterocycles. The summed E-state index contributed by atoms with van der Waals surface area (Å²) >= 11 is 0. The maximum atomic E-state index is 8.99. The van der Waals surface area contributed by atoms with Crippen molar-refractivity contribution in [3.8, 4) is 11.8 Å². The lowest BCUT2D eigenvalue weighted by Gasteiger charge is -2.09. The van der Waals surface area contributed by atoms with Gasteiger partial charge in [0.2, 0.25) is 0 Å². The van der Waals surface area contributed by atoms with Crippen LogP contribution in [0, 0.1) is 11.3 Å². The highest BCUT2D eigenvalue weighted by atomic mass is 16.5. The average Bonchev–Trinajstić information content (AvgIpc) is 2.46. The van der Waals surface area contributed by atoms with Crippen LogP contribution in [0.25, 0.3) is 0 Å². The predicted octanol–water partition coefficient (Wildman–Crippen LogP) is 2.96. The molecule has 1 heterocycles. The number of nitrogens with zero attached hydrogens (tertiary/aromatic N) is 2. The minimum atomic E-state index is 0.593. The van der Waals surface area contributed by atoms with Gasteiger partial charge in [-0.3, -0.25) is 4.98 Å². The van der Waals surface area contributed by atoms with E-state index in [1.165, 1.54) is 0 Å². The summed E-state index contributed by atoms with van der Waals surface area (Å²) in [5.74, 6) is 0.855. The van der Waals surface area contributed by atoms with Gasteiger partial charge in [-0.25, -0.2) is 0 Å². The van der Waals surface area contributed by atoms with E-state index in [1.807, 2.05) is 31.2 Å². The topological polar surface area (TPSA) is 57.9 Å². The molecule has 4 nitrogen and oxygen atoms in total. The zero-order valence-corrected chi connectivity index (χ0v) is 10.8. The van der Waals surface area contributed by atoms with E-state index >= 15 is 0 Å². The quantitative estimate of drug-likeness (QED) is 0.890. The number of ether oxygens (including phenoxy) is 1. The number of nitriles is 1. The third-order valence-corrected chi connectivity index (χ3v) is 2.63. The van der Waals surface area contributed by atoms with Gasteiger partial charge in [0.15, 0.2) is 0 Å². The van der Waals surface area contributed by atoms with Crippen LogP contribution in [0.4, 0.5) is 5.69 Å². The van der Waals surface area contributed by atoms with Crippen molar-refractivity contribution in [2.24, 2.45) is 0 Å². The highest BCUT2D eigenvalue weighted by molar-refractivity contribution is 5.55. The molecule has 0 aliphatic rings. The van der Waals surface area contributed by atoms with Gasteiger partial charge in [0.1, 0.15) is 11.8 Å². The lowest BCUT2D eigenvalue weighted by Crippen LogP contribution is -2.02. The first kappa shape index (κ1) is 12.9. The minimum Gasteiger partial charge on any atom is -0.494 e. The fraction of sp³-hybridized carbons (Fsp3) is 0.200.